The van der Waals surface area contributed by atoms with Crippen molar-refractivity contribution >= 4 is 51.8 Å². The summed E-state index contributed by atoms with van der Waals surface area (Å²) in [6.07, 6.45) is 2.72. The van der Waals surface area contributed by atoms with Gasteiger partial charge < -0.3 is 15.2 Å². The summed E-state index contributed by atoms with van der Waals surface area (Å²) in [5.74, 6) is -0.589. The molecule has 0 bridgehead atoms. The van der Waals surface area contributed by atoms with Gasteiger partial charge in [-0.05, 0) is 63.2 Å². The van der Waals surface area contributed by atoms with Gasteiger partial charge in [-0.25, -0.2) is 0 Å². The highest BCUT2D eigenvalue weighted by molar-refractivity contribution is 7.10. The Labute approximate surface area is 224 Å². The Kier molecular flexibility index (Phi) is 6.78. The molecule has 0 saturated heterocycles. The van der Waals surface area contributed by atoms with Gasteiger partial charge in [0.25, 0.3) is 17.4 Å². The van der Waals surface area contributed by atoms with Gasteiger partial charge in [-0.15, -0.1) is 11.3 Å². The molecule has 37 heavy (non-hydrogen) atoms. The van der Waals surface area contributed by atoms with Crippen molar-refractivity contribution in [1.82, 2.24) is 14.8 Å². The lowest BCUT2D eigenvalue weighted by Gasteiger charge is -2.25. The molecule has 0 aliphatic carbocycles. The molecule has 2 aromatic heterocycles. The van der Waals surface area contributed by atoms with Crippen LogP contribution in [0.5, 0.6) is 0 Å². The van der Waals surface area contributed by atoms with Gasteiger partial charge in [0.15, 0.2) is 0 Å². The van der Waals surface area contributed by atoms with Crippen molar-refractivity contribution < 1.29 is 9.59 Å². The van der Waals surface area contributed by atoms with Crippen LogP contribution in [0.15, 0.2) is 45.6 Å². The summed E-state index contributed by atoms with van der Waals surface area (Å²) in [5.41, 5.74) is 3.69. The summed E-state index contributed by atoms with van der Waals surface area (Å²) in [5, 5.41) is 6.15. The first kappa shape index (κ1) is 25.4. The molecule has 0 unspecified atom stereocenters. The molecule has 8 nitrogen and oxygen atoms in total. The molecular weight excluding hydrogens is 510 g/mol. The minimum Gasteiger partial charge on any atom is -0.381 e. The second-order valence-electron chi connectivity index (χ2n) is 9.89. The van der Waals surface area contributed by atoms with Gasteiger partial charge in [0, 0.05) is 36.5 Å². The molecule has 0 radical (unpaired) electrons. The van der Waals surface area contributed by atoms with Crippen LogP contribution in [0.3, 0.4) is 0 Å². The van der Waals surface area contributed by atoms with Gasteiger partial charge in [-0.1, -0.05) is 11.6 Å². The van der Waals surface area contributed by atoms with Gasteiger partial charge in [-0.3, -0.25) is 24.3 Å². The Morgan fingerprint density at radius 2 is 1.89 bits per heavy atom. The predicted octanol–water partition coefficient (Wildman–Crippen LogP) is 4.36. The molecule has 2 N–H and O–H groups in total. The third-order valence-corrected chi connectivity index (χ3v) is 8.04. The Morgan fingerprint density at radius 1 is 1.16 bits per heavy atom. The predicted molar refractivity (Wildman–Crippen MR) is 148 cm³/mol. The summed E-state index contributed by atoms with van der Waals surface area (Å²) < 4.78 is 0. The number of nitrogens with zero attached hydrogens (tertiary/aromatic N) is 3. The van der Waals surface area contributed by atoms with Gasteiger partial charge in [0.1, 0.15) is 0 Å². The first-order valence-electron chi connectivity index (χ1n) is 12.1. The number of halogens is 1. The number of aromatic nitrogens is 1. The number of anilines is 1. The zero-order valence-corrected chi connectivity index (χ0v) is 22.7. The van der Waals surface area contributed by atoms with Crippen LogP contribution in [0.25, 0.3) is 0 Å². The summed E-state index contributed by atoms with van der Waals surface area (Å²) in [4.78, 5) is 51.0. The van der Waals surface area contributed by atoms with E-state index in [1.54, 1.807) is 29.7 Å². The molecule has 0 fully saturated rings. The van der Waals surface area contributed by atoms with E-state index in [2.05, 4.69) is 10.3 Å². The number of aliphatic imine (C=N–C) groups is 1. The second kappa shape index (κ2) is 9.89. The van der Waals surface area contributed by atoms with Crippen LogP contribution < -0.4 is 10.9 Å². The van der Waals surface area contributed by atoms with E-state index < -0.39 is 0 Å². The zero-order valence-electron chi connectivity index (χ0n) is 21.1. The number of fused-ring (bicyclic) bond motifs is 2. The van der Waals surface area contributed by atoms with Gasteiger partial charge in [0.2, 0.25) is 0 Å². The summed E-state index contributed by atoms with van der Waals surface area (Å²) in [7, 11) is 3.82. The molecule has 0 spiro atoms. The van der Waals surface area contributed by atoms with Gasteiger partial charge >= 0.3 is 0 Å². The highest BCUT2D eigenvalue weighted by Gasteiger charge is 2.40. The van der Waals surface area contributed by atoms with E-state index in [4.69, 9.17) is 16.6 Å². The molecule has 192 valence electrons. The van der Waals surface area contributed by atoms with Crippen LogP contribution in [0.2, 0.25) is 5.02 Å². The number of likely N-dealkylation sites (N-methyl/N-ethyl adjacent to an activating group) is 1. The maximum absolute atomic E-state index is 13.1. The first-order valence-corrected chi connectivity index (χ1v) is 13.4. The van der Waals surface area contributed by atoms with E-state index in [0.717, 1.165) is 21.9 Å². The van der Waals surface area contributed by atoms with Gasteiger partial charge in [0.05, 0.1) is 44.8 Å². The number of imide groups is 1. The second-order valence-corrected chi connectivity index (χ2v) is 11.3. The number of nitrogens with one attached hydrogen (secondary N) is 2. The number of H-pyrrole nitrogens is 1. The average Bonchev–Trinajstić information content (AvgIpc) is 3.48. The largest absolute Gasteiger partial charge is 0.381 e. The minimum atomic E-state index is -0.304. The lowest BCUT2D eigenvalue weighted by molar-refractivity contribution is 0.0576. The third kappa shape index (κ3) is 4.74. The smallest absolute Gasteiger partial charge is 0.261 e. The van der Waals surface area contributed by atoms with Crippen LogP contribution in [-0.2, 0) is 12.8 Å². The molecule has 2 aliphatic rings. The monoisotopic (exact) mass is 537 g/mol. The lowest BCUT2D eigenvalue weighted by atomic mass is 10.00. The number of rotatable bonds is 8. The van der Waals surface area contributed by atoms with Crippen LogP contribution in [-0.4, -0.2) is 65.0 Å². The minimum absolute atomic E-state index is 0.0234. The number of carbonyl (C=O) groups excluding carboxylic acids is 2. The number of amides is 2. The van der Waals surface area contributed by atoms with E-state index in [0.29, 0.717) is 46.7 Å². The van der Waals surface area contributed by atoms with E-state index in [1.165, 1.54) is 4.90 Å². The van der Waals surface area contributed by atoms with Crippen molar-refractivity contribution in [1.29, 1.82) is 0 Å². The summed E-state index contributed by atoms with van der Waals surface area (Å²) in [6.45, 7) is 4.49. The maximum atomic E-state index is 13.1. The molecule has 1 aromatic carbocycles. The number of aromatic amines is 1. The lowest BCUT2D eigenvalue weighted by Crippen LogP contribution is -2.43. The number of thiophene rings is 1. The fraction of sp³-hybridized carbons (Fsp3) is 0.333. The maximum Gasteiger partial charge on any atom is 0.261 e. The number of pyridine rings is 1. The summed E-state index contributed by atoms with van der Waals surface area (Å²) >= 11 is 7.87. The average molecular weight is 538 g/mol. The third-order valence-electron chi connectivity index (χ3n) is 6.63. The van der Waals surface area contributed by atoms with Crippen molar-refractivity contribution in [2.24, 2.45) is 4.99 Å². The molecule has 3 aromatic rings. The van der Waals surface area contributed by atoms with Crippen molar-refractivity contribution in [2.45, 2.75) is 38.8 Å². The Balaban J connectivity index is 1.42. The highest BCUT2D eigenvalue weighted by Crippen LogP contribution is 2.36. The molecular formula is C27H28ClN5O3S. The fourth-order valence-electron chi connectivity index (χ4n) is 5.06. The Hall–Kier alpha value is -3.27. The zero-order chi connectivity index (χ0) is 26.4. The molecule has 5 rings (SSSR count). The van der Waals surface area contributed by atoms with E-state index in [9.17, 15) is 14.4 Å². The first-order chi connectivity index (χ1) is 17.6. The van der Waals surface area contributed by atoms with Crippen molar-refractivity contribution in [3.05, 3.63) is 78.3 Å². The van der Waals surface area contributed by atoms with Crippen molar-refractivity contribution in [2.75, 3.05) is 26.0 Å². The molecule has 4 heterocycles. The number of carbonyl (C=O) groups is 2. The topological polar surface area (TPSA) is 97.9 Å². The number of benzene rings is 1. The molecule has 2 atom stereocenters. The fourth-order valence-corrected chi connectivity index (χ4v) is 6.30. The summed E-state index contributed by atoms with van der Waals surface area (Å²) in [6, 6.07) is 6.92. The Bertz CT molecular complexity index is 1490. The van der Waals surface area contributed by atoms with Crippen LogP contribution in [0, 0.1) is 0 Å². The molecule has 2 aliphatic heterocycles. The van der Waals surface area contributed by atoms with Crippen LogP contribution in [0.1, 0.15) is 50.6 Å². The number of hydrogen-bond donors (Lipinski definition) is 2. The van der Waals surface area contributed by atoms with Crippen molar-refractivity contribution in [3.8, 4) is 0 Å². The highest BCUT2D eigenvalue weighted by atomic mass is 35.5. The van der Waals surface area contributed by atoms with E-state index >= 15 is 0 Å². The molecule has 10 heteroatoms. The normalized spacial score (nSPS) is 16.2. The quantitative estimate of drug-likeness (QED) is 0.416. The standard InChI is InChI=1S/C27H28ClN5O3S/c1-14(9-23-19(28)6-8-37-23)30-20-5-7-29-25(34)24(20)22-11-16-10-17-18(12-21(16)31-22)27(36)33(26(17)35)15(2)13-32(3)4/h5-8,10,12,14-15H,9,11,13H2,1-4H3,(H2,29,30,34)/t14-,15+/m0/s1. The van der Waals surface area contributed by atoms with Crippen molar-refractivity contribution in [3.63, 3.8) is 0 Å². The Morgan fingerprint density at radius 3 is 2.57 bits per heavy atom. The van der Waals surface area contributed by atoms with E-state index in [-0.39, 0.29) is 29.5 Å². The molecule has 0 saturated carbocycles. The SMILES string of the molecule is C[C@H](CN(C)C)N1C(=O)c2cc3c(cc2C1=O)N=C(c1c(N[C@@H](C)Cc2sccc2Cl)cc[nH]c1=O)C3. The van der Waals surface area contributed by atoms with Crippen LogP contribution in [0.4, 0.5) is 11.4 Å². The number of hydrogen-bond acceptors (Lipinski definition) is 7. The molecule has 2 amide bonds. The van der Waals surface area contributed by atoms with E-state index in [1.807, 2.05) is 50.4 Å². The van der Waals surface area contributed by atoms with Crippen LogP contribution >= 0.6 is 22.9 Å². The van der Waals surface area contributed by atoms with Gasteiger partial charge in [-0.2, -0.15) is 0 Å².